The molecule has 1 fully saturated rings. The van der Waals surface area contributed by atoms with E-state index in [1.54, 1.807) is 4.90 Å². The van der Waals surface area contributed by atoms with Crippen molar-refractivity contribution in [2.75, 3.05) is 0 Å². The number of carbonyl (C=O) groups excluding carboxylic acids is 2. The number of halogens is 1. The predicted octanol–water partition coefficient (Wildman–Crippen LogP) is 2.05. The molecule has 2 aromatic rings. The van der Waals surface area contributed by atoms with Crippen LogP contribution in [0.5, 0.6) is 0 Å². The quantitative estimate of drug-likeness (QED) is 0.843. The van der Waals surface area contributed by atoms with Crippen LogP contribution >= 0.6 is 12.4 Å². The highest BCUT2D eigenvalue weighted by atomic mass is 35.5. The van der Waals surface area contributed by atoms with Gasteiger partial charge >= 0.3 is 0 Å². The molecule has 0 saturated carbocycles. The molecule has 2 unspecified atom stereocenters. The SMILES string of the molecule is Cl.NC(=O)C1CCC2c3[nH]c4ccccc4c3CCC(=O)N12. The first kappa shape index (κ1) is 14.9. The maximum Gasteiger partial charge on any atom is 0.240 e. The summed E-state index contributed by atoms with van der Waals surface area (Å²) < 4.78 is 0. The third kappa shape index (κ3) is 2.00. The van der Waals surface area contributed by atoms with Crippen molar-refractivity contribution >= 4 is 35.1 Å². The summed E-state index contributed by atoms with van der Waals surface area (Å²) in [5, 5.41) is 1.18. The van der Waals surface area contributed by atoms with E-state index in [2.05, 4.69) is 17.1 Å². The molecule has 0 bridgehead atoms. The molecule has 1 saturated heterocycles. The first-order valence-electron chi connectivity index (χ1n) is 7.37. The van der Waals surface area contributed by atoms with Crippen LogP contribution in [0.3, 0.4) is 0 Å². The molecule has 2 aliphatic rings. The number of aryl methyl sites for hydroxylation is 1. The summed E-state index contributed by atoms with van der Waals surface area (Å²) in [6, 6.07) is 7.66. The Bertz CT molecular complexity index is 755. The number of benzene rings is 1. The van der Waals surface area contributed by atoms with Gasteiger partial charge in [0, 0.05) is 23.0 Å². The van der Waals surface area contributed by atoms with Gasteiger partial charge < -0.3 is 15.6 Å². The Balaban J connectivity index is 0.00000144. The highest BCUT2D eigenvalue weighted by Gasteiger charge is 2.43. The standard InChI is InChI=1S/C16H17N3O2.ClH/c17-16(21)13-7-6-12-15-10(5-8-14(20)19(12)13)9-3-1-2-4-11(9)18-15;/h1-4,12-13,18H,5-8H2,(H2,17,21);1H. The fourth-order valence-corrected chi connectivity index (χ4v) is 3.86. The number of hydrogen-bond acceptors (Lipinski definition) is 2. The molecule has 6 heteroatoms. The zero-order valence-corrected chi connectivity index (χ0v) is 12.9. The van der Waals surface area contributed by atoms with Crippen LogP contribution in [0, 0.1) is 0 Å². The van der Waals surface area contributed by atoms with Crippen LogP contribution in [0.1, 0.15) is 36.6 Å². The molecule has 2 atom stereocenters. The van der Waals surface area contributed by atoms with E-state index < -0.39 is 11.9 Å². The number of aromatic nitrogens is 1. The van der Waals surface area contributed by atoms with Crippen LogP contribution in [0.15, 0.2) is 24.3 Å². The van der Waals surface area contributed by atoms with Gasteiger partial charge in [-0.15, -0.1) is 12.4 Å². The summed E-state index contributed by atoms with van der Waals surface area (Å²) in [6.07, 6.45) is 2.60. The summed E-state index contributed by atoms with van der Waals surface area (Å²) in [5.41, 5.74) is 8.87. The van der Waals surface area contributed by atoms with Crippen molar-refractivity contribution in [3.63, 3.8) is 0 Å². The van der Waals surface area contributed by atoms with E-state index in [1.165, 1.54) is 10.9 Å². The van der Waals surface area contributed by atoms with Gasteiger partial charge in [0.2, 0.25) is 11.8 Å². The molecule has 3 N–H and O–H groups in total. The second-order valence-electron chi connectivity index (χ2n) is 5.88. The second-order valence-corrected chi connectivity index (χ2v) is 5.88. The molecular weight excluding hydrogens is 302 g/mol. The first-order valence-corrected chi connectivity index (χ1v) is 7.37. The topological polar surface area (TPSA) is 79.2 Å². The van der Waals surface area contributed by atoms with Crippen LogP contribution in [-0.2, 0) is 16.0 Å². The molecule has 2 amide bonds. The van der Waals surface area contributed by atoms with Gasteiger partial charge in [-0.25, -0.2) is 0 Å². The third-order valence-electron chi connectivity index (χ3n) is 4.77. The highest BCUT2D eigenvalue weighted by Crippen LogP contribution is 2.42. The van der Waals surface area contributed by atoms with Gasteiger partial charge in [-0.1, -0.05) is 18.2 Å². The highest BCUT2D eigenvalue weighted by molar-refractivity contribution is 5.90. The van der Waals surface area contributed by atoms with E-state index in [-0.39, 0.29) is 24.4 Å². The van der Waals surface area contributed by atoms with Gasteiger partial charge in [0.25, 0.3) is 0 Å². The number of fused-ring (bicyclic) bond motifs is 5. The maximum absolute atomic E-state index is 12.4. The van der Waals surface area contributed by atoms with E-state index in [0.717, 1.165) is 24.1 Å². The predicted molar refractivity (Wildman–Crippen MR) is 85.7 cm³/mol. The first-order chi connectivity index (χ1) is 10.2. The summed E-state index contributed by atoms with van der Waals surface area (Å²) in [6.45, 7) is 0. The molecule has 22 heavy (non-hydrogen) atoms. The van der Waals surface area contributed by atoms with Crippen LogP contribution in [0.4, 0.5) is 0 Å². The summed E-state index contributed by atoms with van der Waals surface area (Å²) >= 11 is 0. The Morgan fingerprint density at radius 3 is 2.77 bits per heavy atom. The van der Waals surface area contributed by atoms with Crippen molar-refractivity contribution in [1.29, 1.82) is 0 Å². The Labute approximate surface area is 134 Å². The van der Waals surface area contributed by atoms with Crippen LogP contribution in [0.25, 0.3) is 10.9 Å². The number of hydrogen-bond donors (Lipinski definition) is 2. The van der Waals surface area contributed by atoms with Crippen molar-refractivity contribution in [1.82, 2.24) is 9.88 Å². The smallest absolute Gasteiger partial charge is 0.240 e. The maximum atomic E-state index is 12.4. The van der Waals surface area contributed by atoms with E-state index in [4.69, 9.17) is 5.73 Å². The average molecular weight is 320 g/mol. The van der Waals surface area contributed by atoms with Crippen molar-refractivity contribution in [3.8, 4) is 0 Å². The zero-order chi connectivity index (χ0) is 14.6. The van der Waals surface area contributed by atoms with Crippen LogP contribution in [0.2, 0.25) is 0 Å². The number of carbonyl (C=O) groups is 2. The second kappa shape index (κ2) is 5.32. The molecule has 0 spiro atoms. The fraction of sp³-hybridized carbons (Fsp3) is 0.375. The Morgan fingerprint density at radius 1 is 1.23 bits per heavy atom. The van der Waals surface area contributed by atoms with E-state index in [0.29, 0.717) is 12.8 Å². The summed E-state index contributed by atoms with van der Waals surface area (Å²) in [4.78, 5) is 29.2. The summed E-state index contributed by atoms with van der Waals surface area (Å²) in [7, 11) is 0. The van der Waals surface area contributed by atoms with Crippen molar-refractivity contribution in [2.45, 2.75) is 37.8 Å². The molecular formula is C16H18ClN3O2. The molecule has 5 nitrogen and oxygen atoms in total. The lowest BCUT2D eigenvalue weighted by Gasteiger charge is -2.27. The lowest BCUT2D eigenvalue weighted by molar-refractivity contribution is -0.139. The van der Waals surface area contributed by atoms with Gasteiger partial charge in [0.15, 0.2) is 0 Å². The largest absolute Gasteiger partial charge is 0.368 e. The minimum atomic E-state index is -0.458. The molecule has 0 aliphatic carbocycles. The Hall–Kier alpha value is -2.01. The molecule has 1 aromatic carbocycles. The molecule has 116 valence electrons. The molecule has 4 rings (SSSR count). The van der Waals surface area contributed by atoms with Gasteiger partial charge in [0.05, 0.1) is 6.04 Å². The van der Waals surface area contributed by atoms with E-state index >= 15 is 0 Å². The average Bonchev–Trinajstić information content (AvgIpc) is 3.03. The fourth-order valence-electron chi connectivity index (χ4n) is 3.86. The Morgan fingerprint density at radius 2 is 2.00 bits per heavy atom. The van der Waals surface area contributed by atoms with Gasteiger partial charge in [0.1, 0.15) is 6.04 Å². The zero-order valence-electron chi connectivity index (χ0n) is 12.0. The van der Waals surface area contributed by atoms with Gasteiger partial charge in [-0.05, 0) is 30.9 Å². The normalized spacial score (nSPS) is 23.6. The number of nitrogens with two attached hydrogens (primary N) is 1. The number of rotatable bonds is 1. The number of nitrogens with zero attached hydrogens (tertiary/aromatic N) is 1. The molecule has 1 aromatic heterocycles. The third-order valence-corrected chi connectivity index (χ3v) is 4.77. The van der Waals surface area contributed by atoms with E-state index in [1.807, 2.05) is 12.1 Å². The Kier molecular flexibility index (Phi) is 3.60. The number of para-hydroxylation sites is 1. The number of aromatic amines is 1. The summed E-state index contributed by atoms with van der Waals surface area (Å²) in [5.74, 6) is -0.361. The minimum absolute atomic E-state index is 0. The number of primary amides is 1. The van der Waals surface area contributed by atoms with Crippen molar-refractivity contribution < 1.29 is 9.59 Å². The van der Waals surface area contributed by atoms with Crippen LogP contribution in [-0.4, -0.2) is 27.7 Å². The monoisotopic (exact) mass is 319 g/mol. The lowest BCUT2D eigenvalue weighted by Crippen LogP contribution is -2.44. The van der Waals surface area contributed by atoms with Gasteiger partial charge in [-0.3, -0.25) is 9.59 Å². The number of amides is 2. The number of H-pyrrole nitrogens is 1. The van der Waals surface area contributed by atoms with Gasteiger partial charge in [-0.2, -0.15) is 0 Å². The number of nitrogens with one attached hydrogen (secondary N) is 1. The van der Waals surface area contributed by atoms with Crippen molar-refractivity contribution in [3.05, 3.63) is 35.5 Å². The molecule has 0 radical (unpaired) electrons. The molecule has 3 heterocycles. The lowest BCUT2D eigenvalue weighted by atomic mass is 10.0. The van der Waals surface area contributed by atoms with Crippen molar-refractivity contribution in [2.24, 2.45) is 5.73 Å². The molecule has 2 aliphatic heterocycles. The minimum Gasteiger partial charge on any atom is -0.368 e. The van der Waals surface area contributed by atoms with E-state index in [9.17, 15) is 9.59 Å². The van der Waals surface area contributed by atoms with Crippen LogP contribution < -0.4 is 5.73 Å².